The summed E-state index contributed by atoms with van der Waals surface area (Å²) in [5.41, 5.74) is 2.52. The number of fused-ring (bicyclic) bond motifs is 1. The Balaban J connectivity index is 2.00. The fourth-order valence-corrected chi connectivity index (χ4v) is 1.91. The van der Waals surface area contributed by atoms with Crippen molar-refractivity contribution in [1.29, 1.82) is 5.26 Å². The van der Waals surface area contributed by atoms with Crippen molar-refractivity contribution in [2.75, 3.05) is 6.54 Å². The zero-order valence-corrected chi connectivity index (χ0v) is 8.03. The van der Waals surface area contributed by atoms with Gasteiger partial charge in [0.2, 0.25) is 0 Å². The Bertz CT molecular complexity index is 354. The topological polar surface area (TPSA) is 48.7 Å². The lowest BCUT2D eigenvalue weighted by molar-refractivity contribution is 0.529. The molecule has 0 spiro atoms. The number of nitriles is 1. The van der Waals surface area contributed by atoms with E-state index in [2.05, 4.69) is 22.4 Å². The lowest BCUT2D eigenvalue weighted by Crippen LogP contribution is -2.20. The number of hydrogen-bond acceptors (Lipinski definition) is 3. The number of rotatable bonds is 3. The van der Waals surface area contributed by atoms with Crippen LogP contribution < -0.4 is 5.32 Å². The second kappa shape index (κ2) is 4.21. The van der Waals surface area contributed by atoms with Crippen molar-refractivity contribution in [3.8, 4) is 6.07 Å². The molecule has 1 aliphatic rings. The average molecular weight is 187 g/mol. The van der Waals surface area contributed by atoms with Gasteiger partial charge < -0.3 is 5.32 Å². The van der Waals surface area contributed by atoms with E-state index in [1.165, 1.54) is 11.3 Å². The van der Waals surface area contributed by atoms with E-state index in [4.69, 9.17) is 5.26 Å². The molecule has 0 saturated heterocycles. The van der Waals surface area contributed by atoms with Gasteiger partial charge in [0, 0.05) is 19.2 Å². The summed E-state index contributed by atoms with van der Waals surface area (Å²) in [6, 6.07) is 6.61. The molecule has 0 aromatic carbocycles. The minimum atomic E-state index is 0.361. The van der Waals surface area contributed by atoms with Crippen molar-refractivity contribution in [2.45, 2.75) is 25.3 Å². The van der Waals surface area contributed by atoms with Gasteiger partial charge in [0.25, 0.3) is 0 Å². The molecular weight excluding hydrogens is 174 g/mol. The van der Waals surface area contributed by atoms with Crippen LogP contribution in [-0.2, 0) is 6.42 Å². The van der Waals surface area contributed by atoms with E-state index < -0.39 is 0 Å². The summed E-state index contributed by atoms with van der Waals surface area (Å²) >= 11 is 0. The van der Waals surface area contributed by atoms with E-state index in [1.54, 1.807) is 0 Å². The van der Waals surface area contributed by atoms with E-state index in [0.717, 1.165) is 19.4 Å². The Labute approximate surface area is 83.8 Å². The molecule has 72 valence electrons. The molecule has 1 heterocycles. The zero-order valence-electron chi connectivity index (χ0n) is 8.03. The van der Waals surface area contributed by atoms with Gasteiger partial charge in [0.15, 0.2) is 0 Å². The van der Waals surface area contributed by atoms with Crippen molar-refractivity contribution in [2.24, 2.45) is 0 Å². The SMILES string of the molecule is N#CCCNC1CCc2cccnc21. The van der Waals surface area contributed by atoms with Crippen molar-refractivity contribution in [3.05, 3.63) is 29.6 Å². The second-order valence-electron chi connectivity index (χ2n) is 3.50. The highest BCUT2D eigenvalue weighted by molar-refractivity contribution is 5.27. The maximum Gasteiger partial charge on any atom is 0.0635 e. The maximum atomic E-state index is 8.43. The summed E-state index contributed by atoms with van der Waals surface area (Å²) in [6.07, 6.45) is 4.62. The van der Waals surface area contributed by atoms with E-state index in [1.807, 2.05) is 12.3 Å². The number of nitrogens with zero attached hydrogens (tertiary/aromatic N) is 2. The fraction of sp³-hybridized carbons (Fsp3) is 0.455. The lowest BCUT2D eigenvalue weighted by Gasteiger charge is -2.10. The summed E-state index contributed by atoms with van der Waals surface area (Å²) in [5, 5.41) is 11.8. The van der Waals surface area contributed by atoms with Gasteiger partial charge in [-0.3, -0.25) is 4.98 Å². The monoisotopic (exact) mass is 187 g/mol. The molecule has 0 radical (unpaired) electrons. The third-order valence-electron chi connectivity index (χ3n) is 2.59. The van der Waals surface area contributed by atoms with Crippen LogP contribution in [-0.4, -0.2) is 11.5 Å². The Morgan fingerprint density at radius 3 is 3.43 bits per heavy atom. The summed E-state index contributed by atoms with van der Waals surface area (Å²) in [4.78, 5) is 4.37. The van der Waals surface area contributed by atoms with Crippen LogP contribution >= 0.6 is 0 Å². The van der Waals surface area contributed by atoms with Crippen LogP contribution in [0.3, 0.4) is 0 Å². The average Bonchev–Trinajstić information content (AvgIpc) is 2.63. The molecule has 0 bridgehead atoms. The largest absolute Gasteiger partial charge is 0.308 e. The molecule has 0 saturated carbocycles. The predicted octanol–water partition coefficient (Wildman–Crippen LogP) is 1.57. The molecule has 1 aliphatic carbocycles. The number of pyridine rings is 1. The Kier molecular flexibility index (Phi) is 2.76. The number of nitrogens with one attached hydrogen (secondary N) is 1. The predicted molar refractivity (Wildman–Crippen MR) is 53.5 cm³/mol. The molecule has 1 aromatic rings. The highest BCUT2D eigenvalue weighted by Crippen LogP contribution is 2.28. The van der Waals surface area contributed by atoms with Gasteiger partial charge in [-0.05, 0) is 24.5 Å². The summed E-state index contributed by atoms with van der Waals surface area (Å²) in [7, 11) is 0. The first kappa shape index (κ1) is 9.17. The molecule has 0 amide bonds. The fourth-order valence-electron chi connectivity index (χ4n) is 1.91. The molecule has 1 atom stereocenters. The van der Waals surface area contributed by atoms with Crippen LogP contribution in [0.1, 0.15) is 30.1 Å². The number of aromatic nitrogens is 1. The lowest BCUT2D eigenvalue weighted by atomic mass is 10.2. The molecule has 14 heavy (non-hydrogen) atoms. The minimum absolute atomic E-state index is 0.361. The first-order valence-corrected chi connectivity index (χ1v) is 4.96. The quantitative estimate of drug-likeness (QED) is 0.731. The highest BCUT2D eigenvalue weighted by atomic mass is 14.9. The summed E-state index contributed by atoms with van der Waals surface area (Å²) < 4.78 is 0. The third kappa shape index (κ3) is 1.75. The van der Waals surface area contributed by atoms with Crippen molar-refractivity contribution < 1.29 is 0 Å². The van der Waals surface area contributed by atoms with Crippen LogP contribution in [0.15, 0.2) is 18.3 Å². The molecule has 2 rings (SSSR count). The van der Waals surface area contributed by atoms with Crippen LogP contribution in [0.4, 0.5) is 0 Å². The van der Waals surface area contributed by atoms with E-state index in [9.17, 15) is 0 Å². The van der Waals surface area contributed by atoms with Gasteiger partial charge in [-0.1, -0.05) is 6.07 Å². The molecular formula is C11H13N3. The molecule has 3 heteroatoms. The molecule has 1 N–H and O–H groups in total. The van der Waals surface area contributed by atoms with Crippen LogP contribution in [0.2, 0.25) is 0 Å². The van der Waals surface area contributed by atoms with Crippen molar-refractivity contribution >= 4 is 0 Å². The van der Waals surface area contributed by atoms with Gasteiger partial charge in [-0.25, -0.2) is 0 Å². The Hall–Kier alpha value is -1.40. The summed E-state index contributed by atoms with van der Waals surface area (Å²) in [5.74, 6) is 0. The van der Waals surface area contributed by atoms with Crippen molar-refractivity contribution in [1.82, 2.24) is 10.3 Å². The van der Waals surface area contributed by atoms with E-state index in [0.29, 0.717) is 12.5 Å². The molecule has 3 nitrogen and oxygen atoms in total. The molecule has 0 fully saturated rings. The van der Waals surface area contributed by atoms with Gasteiger partial charge >= 0.3 is 0 Å². The van der Waals surface area contributed by atoms with Gasteiger partial charge in [0.05, 0.1) is 17.8 Å². The van der Waals surface area contributed by atoms with Crippen LogP contribution in [0.25, 0.3) is 0 Å². The highest BCUT2D eigenvalue weighted by Gasteiger charge is 2.22. The molecule has 1 unspecified atom stereocenters. The second-order valence-corrected chi connectivity index (χ2v) is 3.50. The Morgan fingerprint density at radius 2 is 2.57 bits per heavy atom. The van der Waals surface area contributed by atoms with Gasteiger partial charge in [-0.2, -0.15) is 5.26 Å². The van der Waals surface area contributed by atoms with Crippen molar-refractivity contribution in [3.63, 3.8) is 0 Å². The van der Waals surface area contributed by atoms with E-state index >= 15 is 0 Å². The van der Waals surface area contributed by atoms with Gasteiger partial charge in [-0.15, -0.1) is 0 Å². The smallest absolute Gasteiger partial charge is 0.0635 e. The first-order chi connectivity index (χ1) is 6.92. The molecule has 0 aliphatic heterocycles. The number of hydrogen-bond donors (Lipinski definition) is 1. The zero-order chi connectivity index (χ0) is 9.80. The normalized spacial score (nSPS) is 18.9. The maximum absolute atomic E-state index is 8.43. The standard InChI is InChI=1S/C11H13N3/c12-6-2-8-13-10-5-4-9-3-1-7-14-11(9)10/h1,3,7,10,13H,2,4-5,8H2. The minimum Gasteiger partial charge on any atom is -0.308 e. The van der Waals surface area contributed by atoms with Crippen LogP contribution in [0.5, 0.6) is 0 Å². The first-order valence-electron chi connectivity index (χ1n) is 4.96. The summed E-state index contributed by atoms with van der Waals surface area (Å²) in [6.45, 7) is 0.761. The third-order valence-corrected chi connectivity index (χ3v) is 2.59. The van der Waals surface area contributed by atoms with E-state index in [-0.39, 0.29) is 0 Å². The van der Waals surface area contributed by atoms with Crippen LogP contribution in [0, 0.1) is 11.3 Å². The Morgan fingerprint density at radius 1 is 1.64 bits per heavy atom. The molecule has 1 aromatic heterocycles. The van der Waals surface area contributed by atoms with Gasteiger partial charge in [0.1, 0.15) is 0 Å². The number of aryl methyl sites for hydroxylation is 1.